The minimum absolute atomic E-state index is 0.00882. The van der Waals surface area contributed by atoms with E-state index in [-0.39, 0.29) is 30.2 Å². The van der Waals surface area contributed by atoms with Crippen molar-refractivity contribution in [2.24, 2.45) is 0 Å². The van der Waals surface area contributed by atoms with Crippen LogP contribution < -0.4 is 4.74 Å². The molecule has 0 aliphatic carbocycles. The summed E-state index contributed by atoms with van der Waals surface area (Å²) in [7, 11) is 0. The quantitative estimate of drug-likeness (QED) is 0.396. The molecule has 0 bridgehead atoms. The van der Waals surface area contributed by atoms with E-state index in [9.17, 15) is 13.6 Å². The molecule has 3 aromatic carbocycles. The van der Waals surface area contributed by atoms with Gasteiger partial charge in [0.2, 0.25) is 5.91 Å². The van der Waals surface area contributed by atoms with E-state index in [0.29, 0.717) is 35.9 Å². The normalized spacial score (nSPS) is 14.2. The summed E-state index contributed by atoms with van der Waals surface area (Å²) in [6, 6.07) is 21.4. The number of halogens is 2. The Morgan fingerprint density at radius 3 is 2.09 bits per heavy atom. The van der Waals surface area contributed by atoms with Crippen LogP contribution in [0.25, 0.3) is 22.8 Å². The monoisotopic (exact) mass is 474 g/mol. The number of carbonyl (C=O) groups is 1. The number of aromatic nitrogens is 3. The third-order valence-corrected chi connectivity index (χ3v) is 6.00. The Kier molecular flexibility index (Phi) is 6.52. The van der Waals surface area contributed by atoms with Gasteiger partial charge in [-0.2, -0.15) is 0 Å². The fraction of sp³-hybridized carbons (Fsp3) is 0.222. The van der Waals surface area contributed by atoms with E-state index in [1.165, 1.54) is 28.9 Å². The van der Waals surface area contributed by atoms with Crippen LogP contribution in [0.3, 0.4) is 0 Å². The number of nitrogens with zero attached hydrogens (tertiary/aromatic N) is 4. The number of likely N-dealkylation sites (tertiary alicyclic amines) is 1. The standard InChI is InChI=1S/C27H24F2N4O2/c28-21-10-6-19(7-11-21)26-30-27(20-8-12-22(29)13-9-20)33(31-26)18-25(34)32-16-14-24(15-17-32)35-23-4-2-1-3-5-23/h1-13,24H,14-18H2. The average Bonchev–Trinajstić information content (AvgIpc) is 3.29. The lowest BCUT2D eigenvalue weighted by atomic mass is 10.1. The molecular formula is C27H24F2N4O2. The Labute approximate surface area is 201 Å². The molecule has 6 nitrogen and oxygen atoms in total. The van der Waals surface area contributed by atoms with Gasteiger partial charge in [0.15, 0.2) is 11.6 Å². The predicted molar refractivity (Wildman–Crippen MR) is 127 cm³/mol. The number of benzene rings is 3. The number of rotatable bonds is 6. The van der Waals surface area contributed by atoms with E-state index in [1.54, 1.807) is 29.2 Å². The van der Waals surface area contributed by atoms with Gasteiger partial charge in [-0.05, 0) is 60.7 Å². The Bertz CT molecular complexity index is 1280. The highest BCUT2D eigenvalue weighted by Crippen LogP contribution is 2.24. The van der Waals surface area contributed by atoms with Crippen molar-refractivity contribution in [3.63, 3.8) is 0 Å². The first-order valence-corrected chi connectivity index (χ1v) is 11.5. The smallest absolute Gasteiger partial charge is 0.244 e. The third kappa shape index (κ3) is 5.37. The summed E-state index contributed by atoms with van der Waals surface area (Å²) in [4.78, 5) is 19.5. The van der Waals surface area contributed by atoms with Crippen LogP contribution in [-0.4, -0.2) is 44.8 Å². The zero-order valence-corrected chi connectivity index (χ0v) is 19.0. The van der Waals surface area contributed by atoms with E-state index in [1.807, 2.05) is 30.3 Å². The van der Waals surface area contributed by atoms with Crippen LogP contribution in [0.15, 0.2) is 78.9 Å². The molecule has 1 aliphatic rings. The number of para-hydroxylation sites is 1. The molecule has 0 N–H and O–H groups in total. The van der Waals surface area contributed by atoms with Crippen molar-refractivity contribution in [2.75, 3.05) is 13.1 Å². The molecule has 0 radical (unpaired) electrons. The van der Waals surface area contributed by atoms with Crippen LogP contribution in [0.1, 0.15) is 12.8 Å². The van der Waals surface area contributed by atoms with Crippen LogP contribution in [0.4, 0.5) is 8.78 Å². The molecule has 2 heterocycles. The first kappa shape index (κ1) is 22.7. The second-order valence-corrected chi connectivity index (χ2v) is 8.44. The molecule has 1 aliphatic heterocycles. The molecule has 35 heavy (non-hydrogen) atoms. The third-order valence-electron chi connectivity index (χ3n) is 6.00. The molecule has 0 spiro atoms. The average molecular weight is 475 g/mol. The summed E-state index contributed by atoms with van der Waals surface area (Å²) in [5, 5.41) is 4.53. The Hall–Kier alpha value is -4.07. The molecular weight excluding hydrogens is 450 g/mol. The Morgan fingerprint density at radius 1 is 0.857 bits per heavy atom. The maximum Gasteiger partial charge on any atom is 0.244 e. The summed E-state index contributed by atoms with van der Waals surface area (Å²) in [6.07, 6.45) is 1.54. The Balaban J connectivity index is 1.31. The summed E-state index contributed by atoms with van der Waals surface area (Å²) in [5.74, 6) is 0.836. The van der Waals surface area contributed by atoms with Gasteiger partial charge in [-0.1, -0.05) is 18.2 Å². The number of amides is 1. The SMILES string of the molecule is O=C(Cn1nc(-c2ccc(F)cc2)nc1-c1ccc(F)cc1)N1CCC(Oc2ccccc2)CC1. The van der Waals surface area contributed by atoms with Crippen LogP contribution in [-0.2, 0) is 11.3 Å². The molecule has 0 saturated carbocycles. The van der Waals surface area contributed by atoms with E-state index in [4.69, 9.17) is 4.74 Å². The van der Waals surface area contributed by atoms with Gasteiger partial charge in [0.05, 0.1) is 0 Å². The van der Waals surface area contributed by atoms with Crippen molar-refractivity contribution in [3.05, 3.63) is 90.5 Å². The van der Waals surface area contributed by atoms with Crippen molar-refractivity contribution in [1.29, 1.82) is 0 Å². The molecule has 0 atom stereocenters. The van der Waals surface area contributed by atoms with Gasteiger partial charge in [0, 0.05) is 37.1 Å². The summed E-state index contributed by atoms with van der Waals surface area (Å²) in [6.45, 7) is 1.16. The van der Waals surface area contributed by atoms with Gasteiger partial charge in [-0.15, -0.1) is 5.10 Å². The van der Waals surface area contributed by atoms with Crippen molar-refractivity contribution >= 4 is 5.91 Å². The molecule has 1 amide bonds. The number of hydrogen-bond acceptors (Lipinski definition) is 4. The van der Waals surface area contributed by atoms with Crippen molar-refractivity contribution in [2.45, 2.75) is 25.5 Å². The van der Waals surface area contributed by atoms with Gasteiger partial charge in [0.1, 0.15) is 30.0 Å². The zero-order valence-electron chi connectivity index (χ0n) is 19.0. The second kappa shape index (κ2) is 10.0. The molecule has 1 saturated heterocycles. The summed E-state index contributed by atoms with van der Waals surface area (Å²) >= 11 is 0. The number of piperidine rings is 1. The van der Waals surface area contributed by atoms with E-state index in [2.05, 4.69) is 10.1 Å². The van der Waals surface area contributed by atoms with Gasteiger partial charge in [-0.3, -0.25) is 4.79 Å². The lowest BCUT2D eigenvalue weighted by Crippen LogP contribution is -2.43. The van der Waals surface area contributed by atoms with Crippen LogP contribution >= 0.6 is 0 Å². The summed E-state index contributed by atoms with van der Waals surface area (Å²) < 4.78 is 34.4. The first-order valence-electron chi connectivity index (χ1n) is 11.5. The highest BCUT2D eigenvalue weighted by Gasteiger charge is 2.25. The molecule has 8 heteroatoms. The molecule has 178 valence electrons. The topological polar surface area (TPSA) is 60.2 Å². The number of ether oxygens (including phenoxy) is 1. The fourth-order valence-electron chi connectivity index (χ4n) is 4.13. The first-order chi connectivity index (χ1) is 17.0. The highest BCUT2D eigenvalue weighted by molar-refractivity contribution is 5.77. The molecule has 1 fully saturated rings. The minimum Gasteiger partial charge on any atom is -0.490 e. The fourth-order valence-corrected chi connectivity index (χ4v) is 4.13. The van der Waals surface area contributed by atoms with Crippen molar-refractivity contribution < 1.29 is 18.3 Å². The van der Waals surface area contributed by atoms with Crippen LogP contribution in [0.5, 0.6) is 5.75 Å². The molecule has 4 aromatic rings. The number of hydrogen-bond donors (Lipinski definition) is 0. The maximum absolute atomic E-state index is 13.5. The van der Waals surface area contributed by atoms with Crippen molar-refractivity contribution in [1.82, 2.24) is 19.7 Å². The minimum atomic E-state index is -0.366. The van der Waals surface area contributed by atoms with Crippen LogP contribution in [0.2, 0.25) is 0 Å². The Morgan fingerprint density at radius 2 is 1.46 bits per heavy atom. The van der Waals surface area contributed by atoms with Gasteiger partial charge in [-0.25, -0.2) is 18.4 Å². The highest BCUT2D eigenvalue weighted by atomic mass is 19.1. The zero-order chi connectivity index (χ0) is 24.2. The molecule has 1 aromatic heterocycles. The van der Waals surface area contributed by atoms with E-state index < -0.39 is 0 Å². The lowest BCUT2D eigenvalue weighted by Gasteiger charge is -2.32. The molecule has 5 rings (SSSR count). The van der Waals surface area contributed by atoms with Crippen LogP contribution in [0, 0.1) is 11.6 Å². The lowest BCUT2D eigenvalue weighted by molar-refractivity contribution is -0.133. The second-order valence-electron chi connectivity index (χ2n) is 8.44. The van der Waals surface area contributed by atoms with E-state index >= 15 is 0 Å². The largest absolute Gasteiger partial charge is 0.490 e. The van der Waals surface area contributed by atoms with E-state index in [0.717, 1.165) is 18.6 Å². The van der Waals surface area contributed by atoms with Gasteiger partial charge >= 0.3 is 0 Å². The number of carbonyl (C=O) groups excluding carboxylic acids is 1. The van der Waals surface area contributed by atoms with Crippen molar-refractivity contribution in [3.8, 4) is 28.5 Å². The van der Waals surface area contributed by atoms with Gasteiger partial charge in [0.25, 0.3) is 0 Å². The summed E-state index contributed by atoms with van der Waals surface area (Å²) in [5.41, 5.74) is 1.26. The maximum atomic E-state index is 13.5. The predicted octanol–water partition coefficient (Wildman–Crippen LogP) is 4.96. The van der Waals surface area contributed by atoms with Gasteiger partial charge < -0.3 is 9.64 Å². The molecule has 0 unspecified atom stereocenters.